The van der Waals surface area contributed by atoms with Gasteiger partial charge in [-0.05, 0) is 43.4 Å². The molecule has 0 saturated carbocycles. The van der Waals surface area contributed by atoms with Gasteiger partial charge in [-0.15, -0.1) is 0 Å². The fourth-order valence-corrected chi connectivity index (χ4v) is 4.51. The molecule has 0 aromatic heterocycles. The summed E-state index contributed by atoms with van der Waals surface area (Å²) < 4.78 is 11.1. The maximum Gasteiger partial charge on any atom is 0.164 e. The van der Waals surface area contributed by atoms with Crippen LogP contribution in [0.25, 0.3) is 0 Å². The highest BCUT2D eigenvalue weighted by molar-refractivity contribution is 5.53. The van der Waals surface area contributed by atoms with Crippen molar-refractivity contribution in [3.63, 3.8) is 0 Å². The number of rotatable bonds is 4. The Morgan fingerprint density at radius 2 is 2.05 bits per heavy atom. The predicted molar refractivity (Wildman–Crippen MR) is 85.4 cm³/mol. The number of hydrogen-bond donors (Lipinski definition) is 0. The van der Waals surface area contributed by atoms with Crippen LogP contribution in [0.15, 0.2) is 12.1 Å². The third kappa shape index (κ3) is 2.32. The third-order valence-electron chi connectivity index (χ3n) is 5.26. The summed E-state index contributed by atoms with van der Waals surface area (Å²) >= 11 is 0. The number of nitrogens with zero attached hydrogens (tertiary/aromatic N) is 1. The Morgan fingerprint density at radius 3 is 2.71 bits per heavy atom. The molecule has 1 aromatic rings. The van der Waals surface area contributed by atoms with Crippen molar-refractivity contribution in [3.8, 4) is 11.5 Å². The van der Waals surface area contributed by atoms with Crippen molar-refractivity contribution in [2.45, 2.75) is 45.1 Å². The molecule has 0 radical (unpaired) electrons. The van der Waals surface area contributed by atoms with Gasteiger partial charge in [0.2, 0.25) is 0 Å². The van der Waals surface area contributed by atoms with Gasteiger partial charge in [0, 0.05) is 24.1 Å². The lowest BCUT2D eigenvalue weighted by Gasteiger charge is -2.35. The fraction of sp³-hybridized carbons (Fsp3) is 0.667. The van der Waals surface area contributed by atoms with Crippen LogP contribution >= 0.6 is 0 Å². The lowest BCUT2D eigenvalue weighted by atomic mass is 9.75. The second-order valence-corrected chi connectivity index (χ2v) is 6.47. The van der Waals surface area contributed by atoms with Gasteiger partial charge in [0.05, 0.1) is 14.2 Å². The minimum Gasteiger partial charge on any atom is -0.493 e. The standard InChI is InChI=1S/C18H27NO2/c1-5-10-19-11-12(2)17-13-7-9-16(20-3)18(21-4)14(13)6-8-15(17)19/h7,9,12,15,17H,5-6,8,10-11H2,1-4H3/t12-,15-,17+/m1/s1. The van der Waals surface area contributed by atoms with Crippen LogP contribution in [0.4, 0.5) is 0 Å². The summed E-state index contributed by atoms with van der Waals surface area (Å²) in [6, 6.07) is 5.07. The molecular weight excluding hydrogens is 262 g/mol. The van der Waals surface area contributed by atoms with E-state index in [2.05, 4.69) is 30.9 Å². The monoisotopic (exact) mass is 289 g/mol. The van der Waals surface area contributed by atoms with E-state index in [0.29, 0.717) is 12.0 Å². The molecule has 1 fully saturated rings. The highest BCUT2D eigenvalue weighted by Gasteiger charge is 2.43. The van der Waals surface area contributed by atoms with Gasteiger partial charge in [-0.1, -0.05) is 19.9 Å². The summed E-state index contributed by atoms with van der Waals surface area (Å²) in [5.41, 5.74) is 2.87. The highest BCUT2D eigenvalue weighted by atomic mass is 16.5. The van der Waals surface area contributed by atoms with E-state index in [4.69, 9.17) is 9.47 Å². The van der Waals surface area contributed by atoms with Crippen molar-refractivity contribution in [1.82, 2.24) is 4.90 Å². The van der Waals surface area contributed by atoms with E-state index >= 15 is 0 Å². The maximum atomic E-state index is 5.65. The number of hydrogen-bond acceptors (Lipinski definition) is 3. The molecule has 3 rings (SSSR count). The minimum absolute atomic E-state index is 0.653. The first-order valence-electron chi connectivity index (χ1n) is 8.19. The Morgan fingerprint density at radius 1 is 1.24 bits per heavy atom. The molecular formula is C18H27NO2. The van der Waals surface area contributed by atoms with Gasteiger partial charge in [-0.25, -0.2) is 0 Å². The molecule has 0 unspecified atom stereocenters. The van der Waals surface area contributed by atoms with Crippen molar-refractivity contribution in [3.05, 3.63) is 23.3 Å². The van der Waals surface area contributed by atoms with Crippen molar-refractivity contribution in [1.29, 1.82) is 0 Å². The van der Waals surface area contributed by atoms with Gasteiger partial charge in [0.15, 0.2) is 11.5 Å². The van der Waals surface area contributed by atoms with Crippen LogP contribution < -0.4 is 9.47 Å². The number of likely N-dealkylation sites (tertiary alicyclic amines) is 1. The molecule has 1 aliphatic heterocycles. The summed E-state index contributed by atoms with van der Waals surface area (Å²) in [6.45, 7) is 7.15. The molecule has 2 aliphatic rings. The van der Waals surface area contributed by atoms with Crippen LogP contribution in [0.2, 0.25) is 0 Å². The zero-order valence-corrected chi connectivity index (χ0v) is 13.7. The largest absolute Gasteiger partial charge is 0.493 e. The molecule has 3 atom stereocenters. The number of fused-ring (bicyclic) bond motifs is 3. The van der Waals surface area contributed by atoms with E-state index in [1.54, 1.807) is 14.2 Å². The average Bonchev–Trinajstić information content (AvgIpc) is 2.82. The smallest absolute Gasteiger partial charge is 0.164 e. The molecule has 21 heavy (non-hydrogen) atoms. The van der Waals surface area contributed by atoms with Gasteiger partial charge in [-0.2, -0.15) is 0 Å². The first-order chi connectivity index (χ1) is 10.2. The predicted octanol–water partition coefficient (Wildman–Crippen LogP) is 3.46. The molecule has 1 aliphatic carbocycles. The van der Waals surface area contributed by atoms with Gasteiger partial charge in [0.25, 0.3) is 0 Å². The van der Waals surface area contributed by atoms with E-state index in [1.807, 2.05) is 0 Å². The van der Waals surface area contributed by atoms with Crippen molar-refractivity contribution in [2.75, 3.05) is 27.3 Å². The lowest BCUT2D eigenvalue weighted by Crippen LogP contribution is -2.35. The number of methoxy groups -OCH3 is 2. The zero-order valence-electron chi connectivity index (χ0n) is 13.7. The SMILES string of the molecule is CCCN1C[C@@H](C)[C@H]2c3ccc(OC)c(OC)c3CC[C@H]21. The second-order valence-electron chi connectivity index (χ2n) is 6.47. The molecule has 0 spiro atoms. The average molecular weight is 289 g/mol. The number of benzene rings is 1. The van der Waals surface area contributed by atoms with Gasteiger partial charge in [0.1, 0.15) is 0 Å². The van der Waals surface area contributed by atoms with E-state index in [9.17, 15) is 0 Å². The molecule has 1 saturated heterocycles. The van der Waals surface area contributed by atoms with Crippen LogP contribution in [0.1, 0.15) is 43.7 Å². The molecule has 1 heterocycles. The summed E-state index contributed by atoms with van der Waals surface area (Å²) in [4.78, 5) is 2.70. The zero-order chi connectivity index (χ0) is 15.0. The Hall–Kier alpha value is -1.22. The van der Waals surface area contributed by atoms with Gasteiger partial charge in [-0.3, -0.25) is 4.90 Å². The fourth-order valence-electron chi connectivity index (χ4n) is 4.51. The number of ether oxygens (including phenoxy) is 2. The van der Waals surface area contributed by atoms with Crippen molar-refractivity contribution < 1.29 is 9.47 Å². The topological polar surface area (TPSA) is 21.7 Å². The minimum atomic E-state index is 0.653. The van der Waals surface area contributed by atoms with Crippen LogP contribution in [0, 0.1) is 5.92 Å². The third-order valence-corrected chi connectivity index (χ3v) is 5.26. The highest BCUT2D eigenvalue weighted by Crippen LogP contribution is 2.48. The molecule has 0 N–H and O–H groups in total. The maximum absolute atomic E-state index is 5.65. The Balaban J connectivity index is 2.00. The van der Waals surface area contributed by atoms with E-state index < -0.39 is 0 Å². The van der Waals surface area contributed by atoms with E-state index in [-0.39, 0.29) is 0 Å². The molecule has 1 aromatic carbocycles. The Bertz CT molecular complexity index is 514. The summed E-state index contributed by atoms with van der Waals surface area (Å²) in [5.74, 6) is 3.19. The van der Waals surface area contributed by atoms with Crippen LogP contribution in [0.3, 0.4) is 0 Å². The molecule has 116 valence electrons. The summed E-state index contributed by atoms with van der Waals surface area (Å²) in [7, 11) is 3.47. The molecule has 0 amide bonds. The van der Waals surface area contributed by atoms with Crippen LogP contribution in [0.5, 0.6) is 11.5 Å². The van der Waals surface area contributed by atoms with E-state index in [0.717, 1.165) is 23.8 Å². The second kappa shape index (κ2) is 5.88. The van der Waals surface area contributed by atoms with E-state index in [1.165, 1.54) is 37.1 Å². The summed E-state index contributed by atoms with van der Waals surface area (Å²) in [5, 5.41) is 0. The summed E-state index contributed by atoms with van der Waals surface area (Å²) in [6.07, 6.45) is 3.59. The first kappa shape index (κ1) is 14.7. The normalized spacial score (nSPS) is 28.1. The Kier molecular flexibility index (Phi) is 4.12. The first-order valence-corrected chi connectivity index (χ1v) is 8.19. The van der Waals surface area contributed by atoms with Crippen molar-refractivity contribution in [2.24, 2.45) is 5.92 Å². The van der Waals surface area contributed by atoms with Gasteiger partial charge >= 0.3 is 0 Å². The van der Waals surface area contributed by atoms with Crippen molar-refractivity contribution >= 4 is 0 Å². The lowest BCUT2D eigenvalue weighted by molar-refractivity contribution is 0.225. The molecule has 3 heteroatoms. The quantitative estimate of drug-likeness (QED) is 0.847. The van der Waals surface area contributed by atoms with Crippen LogP contribution in [-0.2, 0) is 6.42 Å². The molecule has 3 nitrogen and oxygen atoms in total. The van der Waals surface area contributed by atoms with Crippen LogP contribution in [-0.4, -0.2) is 38.3 Å². The Labute approximate surface area is 128 Å². The van der Waals surface area contributed by atoms with Gasteiger partial charge < -0.3 is 9.47 Å². The molecule has 0 bridgehead atoms.